The third kappa shape index (κ3) is 6.58. The first-order chi connectivity index (χ1) is 10.4. The Hall–Kier alpha value is -2.08. The van der Waals surface area contributed by atoms with Gasteiger partial charge >= 0.3 is 0 Å². The first-order valence-corrected chi connectivity index (χ1v) is 7.26. The highest BCUT2D eigenvalue weighted by atomic mass is 16.5. The molecule has 0 saturated heterocycles. The van der Waals surface area contributed by atoms with Gasteiger partial charge in [0, 0.05) is 19.2 Å². The number of hydrogen-bond donors (Lipinski definition) is 1. The lowest BCUT2D eigenvalue weighted by molar-refractivity contribution is -0.132. The molecule has 0 aliphatic heterocycles. The zero-order chi connectivity index (χ0) is 16.5. The number of ether oxygens (including phenoxy) is 1. The Morgan fingerprint density at radius 3 is 2.27 bits per heavy atom. The van der Waals surface area contributed by atoms with Crippen LogP contribution in [0.1, 0.15) is 13.3 Å². The molecule has 2 amide bonds. The van der Waals surface area contributed by atoms with E-state index in [1.54, 1.807) is 36.3 Å². The van der Waals surface area contributed by atoms with Crippen molar-refractivity contribution in [2.24, 2.45) is 0 Å². The van der Waals surface area contributed by atoms with Crippen LogP contribution >= 0.6 is 0 Å². The predicted molar refractivity (Wildman–Crippen MR) is 87.0 cm³/mol. The van der Waals surface area contributed by atoms with Gasteiger partial charge in [0.1, 0.15) is 5.75 Å². The molecule has 0 aliphatic carbocycles. The second-order valence-electron chi connectivity index (χ2n) is 5.37. The SMILES string of the molecule is COc1ccc(NC(=O)CN(CCCN(C)C)C(C)=O)cc1. The zero-order valence-electron chi connectivity index (χ0n) is 13.8. The van der Waals surface area contributed by atoms with Crippen LogP contribution < -0.4 is 10.1 Å². The molecule has 1 aromatic rings. The van der Waals surface area contributed by atoms with Crippen molar-refractivity contribution < 1.29 is 14.3 Å². The molecule has 0 unspecified atom stereocenters. The normalized spacial score (nSPS) is 10.4. The van der Waals surface area contributed by atoms with Crippen LogP contribution in [0.3, 0.4) is 0 Å². The average Bonchev–Trinajstić information content (AvgIpc) is 2.46. The Labute approximate surface area is 132 Å². The molecule has 6 nitrogen and oxygen atoms in total. The highest BCUT2D eigenvalue weighted by Crippen LogP contribution is 2.14. The van der Waals surface area contributed by atoms with Crippen LogP contribution in [0.2, 0.25) is 0 Å². The van der Waals surface area contributed by atoms with Crippen molar-refractivity contribution in [3.63, 3.8) is 0 Å². The van der Waals surface area contributed by atoms with Crippen LogP contribution in [0.5, 0.6) is 5.75 Å². The van der Waals surface area contributed by atoms with E-state index in [0.29, 0.717) is 12.2 Å². The molecule has 1 aromatic carbocycles. The summed E-state index contributed by atoms with van der Waals surface area (Å²) in [6.07, 6.45) is 0.836. The minimum Gasteiger partial charge on any atom is -0.497 e. The van der Waals surface area contributed by atoms with Crippen LogP contribution in [0.15, 0.2) is 24.3 Å². The predicted octanol–water partition coefficient (Wildman–Crippen LogP) is 1.43. The molecule has 22 heavy (non-hydrogen) atoms. The zero-order valence-corrected chi connectivity index (χ0v) is 13.8. The molecule has 6 heteroatoms. The number of nitrogens with zero attached hydrogens (tertiary/aromatic N) is 2. The molecule has 0 saturated carbocycles. The summed E-state index contributed by atoms with van der Waals surface area (Å²) in [5.74, 6) is 0.431. The first kappa shape index (κ1) is 18.0. The summed E-state index contributed by atoms with van der Waals surface area (Å²) >= 11 is 0. The Kier molecular flexibility index (Phi) is 7.39. The van der Waals surface area contributed by atoms with E-state index in [-0.39, 0.29) is 18.4 Å². The fourth-order valence-electron chi connectivity index (χ4n) is 1.97. The number of benzene rings is 1. The van der Waals surface area contributed by atoms with Gasteiger partial charge in [-0.25, -0.2) is 0 Å². The maximum Gasteiger partial charge on any atom is 0.243 e. The summed E-state index contributed by atoms with van der Waals surface area (Å²) in [5, 5.41) is 2.78. The van der Waals surface area contributed by atoms with Gasteiger partial charge in [0.15, 0.2) is 0 Å². The third-order valence-electron chi connectivity index (χ3n) is 3.19. The van der Waals surface area contributed by atoms with Gasteiger partial charge in [0.05, 0.1) is 13.7 Å². The Balaban J connectivity index is 2.49. The van der Waals surface area contributed by atoms with Crippen LogP contribution in [0.4, 0.5) is 5.69 Å². The van der Waals surface area contributed by atoms with Crippen LogP contribution in [0, 0.1) is 0 Å². The number of nitrogens with one attached hydrogen (secondary N) is 1. The van der Waals surface area contributed by atoms with Gasteiger partial charge in [0.2, 0.25) is 11.8 Å². The fraction of sp³-hybridized carbons (Fsp3) is 0.500. The van der Waals surface area contributed by atoms with Crippen LogP contribution in [0.25, 0.3) is 0 Å². The highest BCUT2D eigenvalue weighted by Gasteiger charge is 2.13. The Morgan fingerprint density at radius 2 is 1.77 bits per heavy atom. The maximum atomic E-state index is 12.0. The number of amides is 2. The van der Waals surface area contributed by atoms with Gasteiger partial charge < -0.3 is 19.9 Å². The van der Waals surface area contributed by atoms with Gasteiger partial charge in [-0.05, 0) is 51.3 Å². The molecule has 0 aliphatic rings. The third-order valence-corrected chi connectivity index (χ3v) is 3.19. The van der Waals surface area contributed by atoms with Crippen molar-refractivity contribution >= 4 is 17.5 Å². The smallest absolute Gasteiger partial charge is 0.243 e. The molecule has 0 bridgehead atoms. The van der Waals surface area contributed by atoms with E-state index >= 15 is 0 Å². The van der Waals surface area contributed by atoms with Gasteiger partial charge in [-0.1, -0.05) is 0 Å². The second-order valence-corrected chi connectivity index (χ2v) is 5.37. The van der Waals surface area contributed by atoms with Gasteiger partial charge in [-0.15, -0.1) is 0 Å². The van der Waals surface area contributed by atoms with Gasteiger partial charge in [0.25, 0.3) is 0 Å². The van der Waals surface area contributed by atoms with Crippen molar-refractivity contribution in [3.05, 3.63) is 24.3 Å². The summed E-state index contributed by atoms with van der Waals surface area (Å²) in [6.45, 7) is 3.00. The van der Waals surface area contributed by atoms with E-state index in [4.69, 9.17) is 4.74 Å². The quantitative estimate of drug-likeness (QED) is 0.789. The highest BCUT2D eigenvalue weighted by molar-refractivity contribution is 5.94. The Bertz CT molecular complexity index is 486. The van der Waals surface area contributed by atoms with Crippen molar-refractivity contribution in [3.8, 4) is 5.75 Å². The molecular weight excluding hydrogens is 282 g/mol. The van der Waals surface area contributed by atoms with Crippen molar-refractivity contribution in [2.75, 3.05) is 46.2 Å². The lowest BCUT2D eigenvalue weighted by Crippen LogP contribution is -2.38. The van der Waals surface area contributed by atoms with Crippen LogP contribution in [-0.4, -0.2) is 62.5 Å². The first-order valence-electron chi connectivity index (χ1n) is 7.26. The van der Waals surface area contributed by atoms with Gasteiger partial charge in [-0.3, -0.25) is 9.59 Å². The molecule has 122 valence electrons. The summed E-state index contributed by atoms with van der Waals surface area (Å²) in [7, 11) is 5.55. The van der Waals surface area contributed by atoms with Crippen molar-refractivity contribution in [1.29, 1.82) is 0 Å². The minimum absolute atomic E-state index is 0.0643. The molecular formula is C16H25N3O3. The molecule has 1 N–H and O–H groups in total. The molecule has 1 rings (SSSR count). The Morgan fingerprint density at radius 1 is 1.14 bits per heavy atom. The van der Waals surface area contributed by atoms with E-state index in [2.05, 4.69) is 10.2 Å². The topological polar surface area (TPSA) is 61.9 Å². The lowest BCUT2D eigenvalue weighted by atomic mass is 10.3. The van der Waals surface area contributed by atoms with E-state index in [0.717, 1.165) is 18.7 Å². The monoisotopic (exact) mass is 307 g/mol. The number of rotatable bonds is 8. The van der Waals surface area contributed by atoms with Gasteiger partial charge in [-0.2, -0.15) is 0 Å². The molecule has 0 radical (unpaired) electrons. The van der Waals surface area contributed by atoms with E-state index in [1.807, 2.05) is 14.1 Å². The number of anilines is 1. The largest absolute Gasteiger partial charge is 0.497 e. The average molecular weight is 307 g/mol. The van der Waals surface area contributed by atoms with E-state index in [9.17, 15) is 9.59 Å². The molecule has 0 aromatic heterocycles. The summed E-state index contributed by atoms with van der Waals surface area (Å²) < 4.78 is 5.06. The van der Waals surface area contributed by atoms with Crippen molar-refractivity contribution in [1.82, 2.24) is 9.80 Å². The van der Waals surface area contributed by atoms with Crippen molar-refractivity contribution in [2.45, 2.75) is 13.3 Å². The van der Waals surface area contributed by atoms with Crippen LogP contribution in [-0.2, 0) is 9.59 Å². The second kappa shape index (κ2) is 9.04. The lowest BCUT2D eigenvalue weighted by Gasteiger charge is -2.21. The van der Waals surface area contributed by atoms with E-state index < -0.39 is 0 Å². The fourth-order valence-corrected chi connectivity index (χ4v) is 1.97. The molecule has 0 fully saturated rings. The maximum absolute atomic E-state index is 12.0. The molecule has 0 heterocycles. The minimum atomic E-state index is -0.204. The number of hydrogen-bond acceptors (Lipinski definition) is 4. The summed E-state index contributed by atoms with van der Waals surface area (Å²) in [4.78, 5) is 27.2. The molecule has 0 spiro atoms. The summed E-state index contributed by atoms with van der Waals surface area (Å²) in [5.41, 5.74) is 0.683. The number of carbonyl (C=O) groups is 2. The number of carbonyl (C=O) groups excluding carboxylic acids is 2. The molecule has 0 atom stereocenters. The number of methoxy groups -OCH3 is 1. The summed E-state index contributed by atoms with van der Waals surface area (Å²) in [6, 6.07) is 7.08. The van der Waals surface area contributed by atoms with E-state index in [1.165, 1.54) is 6.92 Å². The standard InChI is InChI=1S/C16H25N3O3/c1-13(20)19(11-5-10-18(2)3)12-16(21)17-14-6-8-15(22-4)9-7-14/h6-9H,5,10-12H2,1-4H3,(H,17,21).